The molecule has 0 bridgehead atoms. The Morgan fingerprint density at radius 2 is 2.00 bits per heavy atom. The predicted molar refractivity (Wildman–Crippen MR) is 66.4 cm³/mol. The lowest BCUT2D eigenvalue weighted by atomic mass is 10.1. The Kier molecular flexibility index (Phi) is 3.02. The van der Waals surface area contributed by atoms with Crippen molar-refractivity contribution in [1.29, 1.82) is 5.26 Å². The zero-order valence-electron chi connectivity index (χ0n) is 9.32. The molecule has 0 saturated carbocycles. The first kappa shape index (κ1) is 10.8. The molecule has 3 heteroatoms. The Morgan fingerprint density at radius 3 is 2.50 bits per heavy atom. The minimum Gasteiger partial charge on any atom is -0.225 e. The van der Waals surface area contributed by atoms with Gasteiger partial charge in [0.2, 0.25) is 0 Å². The fourth-order valence-electron chi connectivity index (χ4n) is 1.51. The van der Waals surface area contributed by atoms with Crippen molar-refractivity contribution in [2.45, 2.75) is 20.3 Å². The molecule has 1 aromatic heterocycles. The summed E-state index contributed by atoms with van der Waals surface area (Å²) in [6, 6.07) is 10.5. The van der Waals surface area contributed by atoms with Crippen LogP contribution in [0.25, 0.3) is 10.6 Å². The van der Waals surface area contributed by atoms with Crippen molar-refractivity contribution in [1.82, 2.24) is 4.98 Å². The molecule has 80 valence electrons. The van der Waals surface area contributed by atoms with Crippen LogP contribution in [0.4, 0.5) is 0 Å². The first-order valence-corrected chi connectivity index (χ1v) is 6.03. The lowest BCUT2D eigenvalue weighted by Crippen LogP contribution is -1.81. The SMILES string of the molecule is CCc1ccc(-c2nc(C#N)c(C)s2)cc1. The fraction of sp³-hybridized carbons (Fsp3) is 0.231. The van der Waals surface area contributed by atoms with Gasteiger partial charge in [0, 0.05) is 10.4 Å². The molecular formula is C13H12N2S. The summed E-state index contributed by atoms with van der Waals surface area (Å²) in [5, 5.41) is 9.78. The summed E-state index contributed by atoms with van der Waals surface area (Å²) < 4.78 is 0. The van der Waals surface area contributed by atoms with Crippen LogP contribution in [0.2, 0.25) is 0 Å². The van der Waals surface area contributed by atoms with Crippen LogP contribution >= 0.6 is 11.3 Å². The summed E-state index contributed by atoms with van der Waals surface area (Å²) in [7, 11) is 0. The minimum atomic E-state index is 0.541. The van der Waals surface area contributed by atoms with Crippen LogP contribution in [-0.4, -0.2) is 4.98 Å². The zero-order chi connectivity index (χ0) is 11.5. The topological polar surface area (TPSA) is 36.7 Å². The molecule has 0 saturated heterocycles. The summed E-state index contributed by atoms with van der Waals surface area (Å²) in [6.07, 6.45) is 1.04. The molecule has 0 radical (unpaired) electrons. The Hall–Kier alpha value is -1.66. The van der Waals surface area contributed by atoms with Crippen LogP contribution < -0.4 is 0 Å². The largest absolute Gasteiger partial charge is 0.225 e. The van der Waals surface area contributed by atoms with Crippen molar-refractivity contribution >= 4 is 11.3 Å². The molecule has 2 aromatic rings. The smallest absolute Gasteiger partial charge is 0.155 e. The molecule has 0 atom stereocenters. The number of hydrogen-bond acceptors (Lipinski definition) is 3. The average Bonchev–Trinajstić information content (AvgIpc) is 2.71. The van der Waals surface area contributed by atoms with E-state index in [0.29, 0.717) is 5.69 Å². The maximum Gasteiger partial charge on any atom is 0.155 e. The van der Waals surface area contributed by atoms with Crippen LogP contribution in [0.15, 0.2) is 24.3 Å². The van der Waals surface area contributed by atoms with Crippen LogP contribution in [0.1, 0.15) is 23.1 Å². The molecule has 0 spiro atoms. The highest BCUT2D eigenvalue weighted by atomic mass is 32.1. The van der Waals surface area contributed by atoms with Gasteiger partial charge in [-0.15, -0.1) is 11.3 Å². The summed E-state index contributed by atoms with van der Waals surface area (Å²) in [5.74, 6) is 0. The third-order valence-electron chi connectivity index (χ3n) is 2.51. The van der Waals surface area contributed by atoms with E-state index in [1.54, 1.807) is 11.3 Å². The van der Waals surface area contributed by atoms with E-state index in [9.17, 15) is 0 Å². The van der Waals surface area contributed by atoms with Crippen LogP contribution in [-0.2, 0) is 6.42 Å². The van der Waals surface area contributed by atoms with Gasteiger partial charge in [0.25, 0.3) is 0 Å². The normalized spacial score (nSPS) is 10.1. The summed E-state index contributed by atoms with van der Waals surface area (Å²) in [5.41, 5.74) is 2.95. The molecule has 0 N–H and O–H groups in total. The predicted octanol–water partition coefficient (Wildman–Crippen LogP) is 3.55. The number of hydrogen-bond donors (Lipinski definition) is 0. The molecule has 0 aliphatic carbocycles. The highest BCUT2D eigenvalue weighted by molar-refractivity contribution is 7.15. The first-order valence-electron chi connectivity index (χ1n) is 5.21. The number of nitriles is 1. The Labute approximate surface area is 99.2 Å². The van der Waals surface area contributed by atoms with Crippen LogP contribution in [0.5, 0.6) is 0 Å². The maximum absolute atomic E-state index is 8.86. The second kappa shape index (κ2) is 4.46. The molecule has 0 aliphatic rings. The third kappa shape index (κ3) is 1.98. The van der Waals surface area contributed by atoms with Crippen molar-refractivity contribution in [3.8, 4) is 16.6 Å². The number of aromatic nitrogens is 1. The standard InChI is InChI=1S/C13H12N2S/c1-3-10-4-6-11(7-5-10)13-15-12(8-14)9(2)16-13/h4-7H,3H2,1-2H3. The van der Waals surface area contributed by atoms with E-state index >= 15 is 0 Å². The van der Waals surface area contributed by atoms with Gasteiger partial charge >= 0.3 is 0 Å². The van der Waals surface area contributed by atoms with Gasteiger partial charge in [-0.2, -0.15) is 5.26 Å². The molecule has 1 heterocycles. The van der Waals surface area contributed by atoms with Gasteiger partial charge < -0.3 is 0 Å². The van der Waals surface area contributed by atoms with E-state index in [0.717, 1.165) is 21.9 Å². The van der Waals surface area contributed by atoms with Gasteiger partial charge in [-0.05, 0) is 18.9 Å². The molecule has 1 aromatic carbocycles. The third-order valence-corrected chi connectivity index (χ3v) is 3.53. The summed E-state index contributed by atoms with van der Waals surface area (Å²) >= 11 is 1.57. The molecular weight excluding hydrogens is 216 g/mol. The lowest BCUT2D eigenvalue weighted by molar-refractivity contribution is 1.14. The van der Waals surface area contributed by atoms with Crippen molar-refractivity contribution in [3.63, 3.8) is 0 Å². The number of benzene rings is 1. The van der Waals surface area contributed by atoms with Crippen LogP contribution in [0.3, 0.4) is 0 Å². The Balaban J connectivity index is 2.39. The Bertz CT molecular complexity index is 532. The molecule has 2 rings (SSSR count). The van der Waals surface area contributed by atoms with E-state index in [-0.39, 0.29) is 0 Å². The van der Waals surface area contributed by atoms with Gasteiger partial charge in [0.15, 0.2) is 5.69 Å². The van der Waals surface area contributed by atoms with E-state index < -0.39 is 0 Å². The molecule has 2 nitrogen and oxygen atoms in total. The maximum atomic E-state index is 8.86. The second-order valence-electron chi connectivity index (χ2n) is 3.59. The van der Waals surface area contributed by atoms with E-state index in [1.807, 2.05) is 6.92 Å². The fourth-order valence-corrected chi connectivity index (χ4v) is 2.38. The lowest BCUT2D eigenvalue weighted by Gasteiger charge is -1.98. The van der Waals surface area contributed by atoms with Crippen molar-refractivity contribution < 1.29 is 0 Å². The van der Waals surface area contributed by atoms with Gasteiger partial charge in [-0.25, -0.2) is 4.98 Å². The van der Waals surface area contributed by atoms with E-state index in [4.69, 9.17) is 5.26 Å². The quantitative estimate of drug-likeness (QED) is 0.788. The monoisotopic (exact) mass is 228 g/mol. The van der Waals surface area contributed by atoms with E-state index in [2.05, 4.69) is 42.2 Å². The second-order valence-corrected chi connectivity index (χ2v) is 4.79. The number of rotatable bonds is 2. The summed E-state index contributed by atoms with van der Waals surface area (Å²) in [4.78, 5) is 5.29. The van der Waals surface area contributed by atoms with Crippen molar-refractivity contribution in [3.05, 3.63) is 40.4 Å². The van der Waals surface area contributed by atoms with Crippen molar-refractivity contribution in [2.75, 3.05) is 0 Å². The van der Waals surface area contributed by atoms with Gasteiger partial charge in [0.05, 0.1) is 0 Å². The number of aryl methyl sites for hydroxylation is 2. The van der Waals surface area contributed by atoms with E-state index in [1.165, 1.54) is 5.56 Å². The zero-order valence-corrected chi connectivity index (χ0v) is 10.1. The first-order chi connectivity index (χ1) is 7.74. The highest BCUT2D eigenvalue weighted by Gasteiger charge is 2.08. The highest BCUT2D eigenvalue weighted by Crippen LogP contribution is 2.27. The molecule has 0 aliphatic heterocycles. The molecule has 0 fully saturated rings. The van der Waals surface area contributed by atoms with Gasteiger partial charge in [0.1, 0.15) is 11.1 Å². The average molecular weight is 228 g/mol. The number of nitrogens with zero attached hydrogens (tertiary/aromatic N) is 2. The van der Waals surface area contributed by atoms with Gasteiger partial charge in [-0.1, -0.05) is 31.2 Å². The molecule has 0 unspecified atom stereocenters. The van der Waals surface area contributed by atoms with Crippen LogP contribution in [0, 0.1) is 18.3 Å². The minimum absolute atomic E-state index is 0.541. The summed E-state index contributed by atoms with van der Waals surface area (Å²) in [6.45, 7) is 4.07. The molecule has 0 amide bonds. The number of thiazole rings is 1. The van der Waals surface area contributed by atoms with Gasteiger partial charge in [-0.3, -0.25) is 0 Å². The Morgan fingerprint density at radius 1 is 1.31 bits per heavy atom. The van der Waals surface area contributed by atoms with Crippen molar-refractivity contribution in [2.24, 2.45) is 0 Å². The molecule has 16 heavy (non-hydrogen) atoms.